The molecule has 1 aromatic carbocycles. The van der Waals surface area contributed by atoms with Crippen molar-refractivity contribution < 1.29 is 13.6 Å². The monoisotopic (exact) mass is 309 g/mol. The van der Waals surface area contributed by atoms with E-state index in [2.05, 4.69) is 23.6 Å². The van der Waals surface area contributed by atoms with Crippen LogP contribution in [0.25, 0.3) is 0 Å². The van der Waals surface area contributed by atoms with Crippen LogP contribution in [0.1, 0.15) is 25.8 Å². The maximum absolute atomic E-state index is 5.88. The quantitative estimate of drug-likeness (QED) is 0.689. The van der Waals surface area contributed by atoms with Gasteiger partial charge in [0.15, 0.2) is 0 Å². The third-order valence-corrected chi connectivity index (χ3v) is 6.83. The summed E-state index contributed by atoms with van der Waals surface area (Å²) in [5, 5.41) is 0. The SMILES string of the molecule is CCO[Si](C)(CCCN1COc2ccccc2C1)OCC. The van der Waals surface area contributed by atoms with Gasteiger partial charge >= 0.3 is 8.56 Å². The molecule has 0 aromatic heterocycles. The lowest BCUT2D eigenvalue weighted by atomic mass is 10.1. The summed E-state index contributed by atoms with van der Waals surface area (Å²) >= 11 is 0. The van der Waals surface area contributed by atoms with Crippen LogP contribution >= 0.6 is 0 Å². The van der Waals surface area contributed by atoms with E-state index in [0.717, 1.165) is 44.5 Å². The van der Waals surface area contributed by atoms with E-state index in [0.29, 0.717) is 6.73 Å². The van der Waals surface area contributed by atoms with Gasteiger partial charge in [-0.2, -0.15) is 0 Å². The van der Waals surface area contributed by atoms with Gasteiger partial charge < -0.3 is 13.6 Å². The fourth-order valence-electron chi connectivity index (χ4n) is 2.79. The summed E-state index contributed by atoms with van der Waals surface area (Å²) in [4.78, 5) is 2.34. The summed E-state index contributed by atoms with van der Waals surface area (Å²) < 4.78 is 17.6. The van der Waals surface area contributed by atoms with Crippen molar-refractivity contribution in [1.29, 1.82) is 0 Å². The number of ether oxygens (including phenoxy) is 1. The van der Waals surface area contributed by atoms with E-state index >= 15 is 0 Å². The highest BCUT2D eigenvalue weighted by atomic mass is 28.4. The van der Waals surface area contributed by atoms with E-state index in [1.165, 1.54) is 5.56 Å². The maximum Gasteiger partial charge on any atom is 0.334 e. The highest BCUT2D eigenvalue weighted by Crippen LogP contribution is 2.25. The van der Waals surface area contributed by atoms with Crippen LogP contribution in [0.15, 0.2) is 24.3 Å². The average Bonchev–Trinajstić information content (AvgIpc) is 2.47. The number of fused-ring (bicyclic) bond motifs is 1. The smallest absolute Gasteiger partial charge is 0.334 e. The van der Waals surface area contributed by atoms with Crippen molar-refractivity contribution in [3.05, 3.63) is 29.8 Å². The summed E-state index contributed by atoms with van der Waals surface area (Å²) in [5.74, 6) is 1.02. The Labute approximate surface area is 129 Å². The number of para-hydroxylation sites is 1. The zero-order chi connectivity index (χ0) is 15.1. The second-order valence-electron chi connectivity index (χ2n) is 5.54. The minimum absolute atomic E-state index is 0.679. The molecule has 0 fully saturated rings. The summed E-state index contributed by atoms with van der Waals surface area (Å²) in [7, 11) is -1.97. The molecule has 0 saturated heterocycles. The Balaban J connectivity index is 1.79. The van der Waals surface area contributed by atoms with Crippen LogP contribution in [0.5, 0.6) is 5.75 Å². The Hall–Kier alpha value is -0.883. The van der Waals surface area contributed by atoms with Crippen LogP contribution < -0.4 is 4.74 Å². The first-order chi connectivity index (χ1) is 10.2. The van der Waals surface area contributed by atoms with Gasteiger partial charge in [-0.05, 0) is 38.9 Å². The lowest BCUT2D eigenvalue weighted by Crippen LogP contribution is -2.40. The Morgan fingerprint density at radius 1 is 1.19 bits per heavy atom. The van der Waals surface area contributed by atoms with Crippen molar-refractivity contribution in [2.45, 2.75) is 39.4 Å². The molecule has 0 bridgehead atoms. The number of rotatable bonds is 8. The predicted octanol–water partition coefficient (Wildman–Crippen LogP) is 3.37. The molecule has 0 atom stereocenters. The highest BCUT2D eigenvalue weighted by molar-refractivity contribution is 6.66. The van der Waals surface area contributed by atoms with E-state index in [9.17, 15) is 0 Å². The Bertz CT molecular complexity index is 435. The first-order valence-electron chi connectivity index (χ1n) is 7.88. The molecule has 1 aromatic rings. The van der Waals surface area contributed by atoms with Gasteiger partial charge in [-0.25, -0.2) is 0 Å². The Morgan fingerprint density at radius 3 is 2.62 bits per heavy atom. The molecule has 0 unspecified atom stereocenters. The lowest BCUT2D eigenvalue weighted by Gasteiger charge is -2.30. The fraction of sp³-hybridized carbons (Fsp3) is 0.625. The zero-order valence-electron chi connectivity index (χ0n) is 13.4. The van der Waals surface area contributed by atoms with Gasteiger partial charge in [0, 0.05) is 31.9 Å². The van der Waals surface area contributed by atoms with Gasteiger partial charge in [0.2, 0.25) is 0 Å². The van der Waals surface area contributed by atoms with Crippen LogP contribution in [0, 0.1) is 0 Å². The lowest BCUT2D eigenvalue weighted by molar-refractivity contribution is 0.0940. The summed E-state index contributed by atoms with van der Waals surface area (Å²) in [6.45, 7) is 10.4. The minimum Gasteiger partial charge on any atom is -0.478 e. The molecular formula is C16H27NO3Si. The molecule has 118 valence electrons. The fourth-order valence-corrected chi connectivity index (χ4v) is 5.18. The first-order valence-corrected chi connectivity index (χ1v) is 10.4. The third-order valence-electron chi connectivity index (χ3n) is 3.77. The molecule has 4 nitrogen and oxygen atoms in total. The van der Waals surface area contributed by atoms with Crippen molar-refractivity contribution in [1.82, 2.24) is 4.90 Å². The number of hydrogen-bond acceptors (Lipinski definition) is 4. The number of benzene rings is 1. The van der Waals surface area contributed by atoms with Crippen molar-refractivity contribution in [3.8, 4) is 5.75 Å². The molecule has 1 heterocycles. The maximum atomic E-state index is 5.88. The number of nitrogens with zero attached hydrogens (tertiary/aromatic N) is 1. The van der Waals surface area contributed by atoms with Crippen LogP contribution in [-0.2, 0) is 15.4 Å². The van der Waals surface area contributed by atoms with Crippen molar-refractivity contribution in [3.63, 3.8) is 0 Å². The van der Waals surface area contributed by atoms with E-state index < -0.39 is 8.56 Å². The summed E-state index contributed by atoms with van der Waals surface area (Å²) in [6.07, 6.45) is 1.09. The molecule has 0 N–H and O–H groups in total. The minimum atomic E-state index is -1.97. The van der Waals surface area contributed by atoms with Gasteiger partial charge in [-0.15, -0.1) is 0 Å². The molecular weight excluding hydrogens is 282 g/mol. The van der Waals surface area contributed by atoms with Crippen LogP contribution in [-0.4, -0.2) is 40.0 Å². The topological polar surface area (TPSA) is 30.9 Å². The third kappa shape index (κ3) is 4.81. The van der Waals surface area contributed by atoms with Crippen molar-refractivity contribution in [2.75, 3.05) is 26.5 Å². The second kappa shape index (κ2) is 7.94. The van der Waals surface area contributed by atoms with Crippen LogP contribution in [0.3, 0.4) is 0 Å². The van der Waals surface area contributed by atoms with Crippen LogP contribution in [0.2, 0.25) is 12.6 Å². The van der Waals surface area contributed by atoms with E-state index in [1.54, 1.807) is 0 Å². The van der Waals surface area contributed by atoms with Gasteiger partial charge in [-0.3, -0.25) is 4.90 Å². The van der Waals surface area contributed by atoms with Gasteiger partial charge in [0.25, 0.3) is 0 Å². The zero-order valence-corrected chi connectivity index (χ0v) is 14.4. The van der Waals surface area contributed by atoms with Gasteiger partial charge in [0.1, 0.15) is 12.5 Å². The molecule has 0 amide bonds. The van der Waals surface area contributed by atoms with Crippen LogP contribution in [0.4, 0.5) is 0 Å². The molecule has 5 heteroatoms. The molecule has 1 aliphatic heterocycles. The van der Waals surface area contributed by atoms with Gasteiger partial charge in [0.05, 0.1) is 0 Å². The van der Waals surface area contributed by atoms with Crippen molar-refractivity contribution >= 4 is 8.56 Å². The van der Waals surface area contributed by atoms with E-state index in [4.69, 9.17) is 13.6 Å². The first kappa shape index (κ1) is 16.5. The molecule has 1 aliphatic rings. The average molecular weight is 309 g/mol. The molecule has 0 aliphatic carbocycles. The molecule has 21 heavy (non-hydrogen) atoms. The number of hydrogen-bond donors (Lipinski definition) is 0. The highest BCUT2D eigenvalue weighted by Gasteiger charge is 2.30. The predicted molar refractivity (Wildman–Crippen MR) is 86.6 cm³/mol. The molecule has 0 radical (unpaired) electrons. The van der Waals surface area contributed by atoms with Gasteiger partial charge in [-0.1, -0.05) is 18.2 Å². The summed E-state index contributed by atoms with van der Waals surface area (Å²) in [5.41, 5.74) is 1.28. The van der Waals surface area contributed by atoms with E-state index in [1.807, 2.05) is 26.0 Å². The molecule has 0 saturated carbocycles. The Morgan fingerprint density at radius 2 is 1.90 bits per heavy atom. The second-order valence-corrected chi connectivity index (χ2v) is 8.88. The molecule has 0 spiro atoms. The summed E-state index contributed by atoms with van der Waals surface area (Å²) in [6, 6.07) is 9.31. The van der Waals surface area contributed by atoms with E-state index in [-0.39, 0.29) is 0 Å². The molecule has 2 rings (SSSR count). The standard InChI is InChI=1S/C16H27NO3Si/c1-4-19-21(3,20-5-2)12-8-11-17-13-15-9-6-7-10-16(15)18-14-17/h6-7,9-10H,4-5,8,11-14H2,1-3H3. The van der Waals surface area contributed by atoms with Crippen molar-refractivity contribution in [2.24, 2.45) is 0 Å². The largest absolute Gasteiger partial charge is 0.478 e. The Kier molecular flexibility index (Phi) is 6.23. The normalized spacial score (nSPS) is 15.6.